The van der Waals surface area contributed by atoms with Crippen molar-refractivity contribution in [3.63, 3.8) is 0 Å². The average Bonchev–Trinajstić information content (AvgIpc) is 2.14. The van der Waals surface area contributed by atoms with Gasteiger partial charge in [0.1, 0.15) is 0 Å². The SMILES string of the molecule is CCC/C=C\[Si](CC)(CC)CC. The summed E-state index contributed by atoms with van der Waals surface area (Å²) in [4.78, 5) is 0. The van der Waals surface area contributed by atoms with Crippen LogP contribution >= 0.6 is 0 Å². The Kier molecular flexibility index (Phi) is 6.45. The van der Waals surface area contributed by atoms with Crippen LogP contribution in [-0.2, 0) is 0 Å². The summed E-state index contributed by atoms with van der Waals surface area (Å²) >= 11 is 0. The average molecular weight is 184 g/mol. The highest BCUT2D eigenvalue weighted by Crippen LogP contribution is 2.21. The van der Waals surface area contributed by atoms with Crippen molar-refractivity contribution in [1.82, 2.24) is 0 Å². The fourth-order valence-corrected chi connectivity index (χ4v) is 4.48. The lowest BCUT2D eigenvalue weighted by Crippen LogP contribution is -2.28. The number of rotatable bonds is 6. The normalized spacial score (nSPS) is 12.7. The van der Waals surface area contributed by atoms with Crippen molar-refractivity contribution in [3.05, 3.63) is 11.8 Å². The maximum Gasteiger partial charge on any atom is 0.0766 e. The van der Waals surface area contributed by atoms with E-state index >= 15 is 0 Å². The summed E-state index contributed by atoms with van der Waals surface area (Å²) in [5, 5.41) is 0. The van der Waals surface area contributed by atoms with Gasteiger partial charge in [-0.2, -0.15) is 0 Å². The zero-order valence-electron chi connectivity index (χ0n) is 9.19. The lowest BCUT2D eigenvalue weighted by molar-refractivity contribution is 0.958. The van der Waals surface area contributed by atoms with Crippen LogP contribution in [0.4, 0.5) is 0 Å². The van der Waals surface area contributed by atoms with E-state index < -0.39 is 8.07 Å². The van der Waals surface area contributed by atoms with Gasteiger partial charge in [-0.05, 0) is 6.42 Å². The minimum Gasteiger partial charge on any atom is -0.0981 e. The predicted octanol–water partition coefficient (Wildman–Crippen LogP) is 4.39. The second-order valence-corrected chi connectivity index (χ2v) is 8.79. The molecule has 12 heavy (non-hydrogen) atoms. The van der Waals surface area contributed by atoms with Crippen molar-refractivity contribution in [2.24, 2.45) is 0 Å². The van der Waals surface area contributed by atoms with E-state index in [4.69, 9.17) is 0 Å². The van der Waals surface area contributed by atoms with Gasteiger partial charge in [0.25, 0.3) is 0 Å². The molecule has 0 nitrogen and oxygen atoms in total. The number of unbranched alkanes of at least 4 members (excludes halogenated alkanes) is 1. The fraction of sp³-hybridized carbons (Fsp3) is 0.818. The van der Waals surface area contributed by atoms with Gasteiger partial charge < -0.3 is 0 Å². The Labute approximate surface area is 79.1 Å². The first-order chi connectivity index (χ1) is 5.74. The van der Waals surface area contributed by atoms with Crippen molar-refractivity contribution in [3.8, 4) is 0 Å². The van der Waals surface area contributed by atoms with Crippen LogP contribution in [0.5, 0.6) is 0 Å². The molecule has 0 heterocycles. The Balaban J connectivity index is 4.09. The second-order valence-electron chi connectivity index (χ2n) is 3.61. The third-order valence-corrected chi connectivity index (χ3v) is 8.21. The molecule has 0 aliphatic carbocycles. The quantitative estimate of drug-likeness (QED) is 0.537. The molecule has 0 aromatic carbocycles. The Morgan fingerprint density at radius 1 is 0.917 bits per heavy atom. The summed E-state index contributed by atoms with van der Waals surface area (Å²) in [6, 6.07) is 4.25. The Morgan fingerprint density at radius 3 is 1.75 bits per heavy atom. The van der Waals surface area contributed by atoms with E-state index in [-0.39, 0.29) is 0 Å². The highest BCUT2D eigenvalue weighted by Gasteiger charge is 2.22. The van der Waals surface area contributed by atoms with E-state index in [1.54, 1.807) is 0 Å². The Hall–Kier alpha value is -0.0431. The van der Waals surface area contributed by atoms with E-state index in [0.29, 0.717) is 0 Å². The number of allylic oxidation sites excluding steroid dienone is 1. The topological polar surface area (TPSA) is 0 Å². The van der Waals surface area contributed by atoms with Crippen molar-refractivity contribution in [1.29, 1.82) is 0 Å². The first-order valence-corrected chi connectivity index (χ1v) is 8.12. The lowest BCUT2D eigenvalue weighted by atomic mass is 10.3. The summed E-state index contributed by atoms with van der Waals surface area (Å²) in [7, 11) is -0.935. The zero-order chi connectivity index (χ0) is 9.45. The van der Waals surface area contributed by atoms with Crippen molar-refractivity contribution >= 4 is 8.07 Å². The van der Waals surface area contributed by atoms with Crippen LogP contribution in [0, 0.1) is 0 Å². The molecule has 0 aliphatic rings. The van der Waals surface area contributed by atoms with Gasteiger partial charge in [0.2, 0.25) is 0 Å². The van der Waals surface area contributed by atoms with Crippen molar-refractivity contribution in [2.75, 3.05) is 0 Å². The maximum absolute atomic E-state index is 2.58. The van der Waals surface area contributed by atoms with Crippen LogP contribution in [0.25, 0.3) is 0 Å². The summed E-state index contributed by atoms with van der Waals surface area (Å²) in [6.07, 6.45) is 4.98. The highest BCUT2D eigenvalue weighted by molar-refractivity contribution is 6.84. The molecule has 0 atom stereocenters. The highest BCUT2D eigenvalue weighted by atomic mass is 28.3. The first-order valence-electron chi connectivity index (χ1n) is 5.42. The molecule has 0 aromatic rings. The molecule has 0 saturated heterocycles. The smallest absolute Gasteiger partial charge is 0.0766 e. The molecule has 0 bridgehead atoms. The molecule has 0 fully saturated rings. The van der Waals surface area contributed by atoms with E-state index in [9.17, 15) is 0 Å². The van der Waals surface area contributed by atoms with Crippen LogP contribution in [0.2, 0.25) is 18.1 Å². The minimum atomic E-state index is -0.935. The van der Waals surface area contributed by atoms with E-state index in [0.717, 1.165) is 0 Å². The molecule has 1 heteroatoms. The monoisotopic (exact) mass is 184 g/mol. The van der Waals surface area contributed by atoms with Gasteiger partial charge in [0.15, 0.2) is 0 Å². The third kappa shape index (κ3) is 3.57. The first kappa shape index (κ1) is 12.0. The maximum atomic E-state index is 2.58. The standard InChI is InChI=1S/C11H24Si/c1-5-9-10-11-12(6-2,7-3)8-4/h10-11H,5-9H2,1-4H3/b11-10-. The van der Waals surface area contributed by atoms with Gasteiger partial charge in [0, 0.05) is 0 Å². The van der Waals surface area contributed by atoms with E-state index in [2.05, 4.69) is 39.5 Å². The van der Waals surface area contributed by atoms with E-state index in [1.807, 2.05) is 0 Å². The Bertz CT molecular complexity index is 115. The lowest BCUT2D eigenvalue weighted by Gasteiger charge is -2.23. The van der Waals surface area contributed by atoms with Crippen LogP contribution in [-0.4, -0.2) is 8.07 Å². The molecule has 0 saturated carbocycles. The minimum absolute atomic E-state index is 0.935. The molecular weight excluding hydrogens is 160 g/mol. The molecule has 0 amide bonds. The molecule has 0 spiro atoms. The molecule has 0 radical (unpaired) electrons. The molecule has 0 N–H and O–H groups in total. The molecule has 0 unspecified atom stereocenters. The largest absolute Gasteiger partial charge is 0.0981 e. The van der Waals surface area contributed by atoms with Crippen molar-refractivity contribution in [2.45, 2.75) is 58.7 Å². The molecule has 0 aromatic heterocycles. The van der Waals surface area contributed by atoms with Gasteiger partial charge in [-0.15, -0.1) is 0 Å². The van der Waals surface area contributed by atoms with Crippen LogP contribution in [0.3, 0.4) is 0 Å². The molecule has 0 aliphatic heterocycles. The number of hydrogen-bond donors (Lipinski definition) is 0. The third-order valence-electron chi connectivity index (χ3n) is 3.04. The summed E-state index contributed by atoms with van der Waals surface area (Å²) in [5.74, 6) is 0. The zero-order valence-corrected chi connectivity index (χ0v) is 10.2. The van der Waals surface area contributed by atoms with Gasteiger partial charge in [-0.3, -0.25) is 0 Å². The summed E-state index contributed by atoms with van der Waals surface area (Å²) in [5.41, 5.74) is 2.58. The van der Waals surface area contributed by atoms with Crippen LogP contribution in [0.15, 0.2) is 11.8 Å². The predicted molar refractivity (Wildman–Crippen MR) is 61.2 cm³/mol. The second kappa shape index (κ2) is 6.47. The van der Waals surface area contributed by atoms with Crippen LogP contribution < -0.4 is 0 Å². The Morgan fingerprint density at radius 2 is 1.42 bits per heavy atom. The summed E-state index contributed by atoms with van der Waals surface area (Å²) in [6.45, 7) is 9.32. The van der Waals surface area contributed by atoms with Gasteiger partial charge in [0.05, 0.1) is 8.07 Å². The fourth-order valence-electron chi connectivity index (χ4n) is 1.60. The van der Waals surface area contributed by atoms with Gasteiger partial charge in [-0.1, -0.05) is 64.0 Å². The van der Waals surface area contributed by atoms with E-state index in [1.165, 1.54) is 31.0 Å². The number of hydrogen-bond acceptors (Lipinski definition) is 0. The molecule has 72 valence electrons. The van der Waals surface area contributed by atoms with Crippen LogP contribution in [0.1, 0.15) is 40.5 Å². The van der Waals surface area contributed by atoms with Gasteiger partial charge in [-0.25, -0.2) is 0 Å². The molecule has 0 rings (SSSR count). The summed E-state index contributed by atoms with van der Waals surface area (Å²) < 4.78 is 0. The molecular formula is C11H24Si. The van der Waals surface area contributed by atoms with Gasteiger partial charge >= 0.3 is 0 Å². The van der Waals surface area contributed by atoms with Crippen molar-refractivity contribution < 1.29 is 0 Å².